The number of rotatable bonds is 7. The van der Waals surface area contributed by atoms with Crippen molar-refractivity contribution < 1.29 is 19.4 Å². The summed E-state index contributed by atoms with van der Waals surface area (Å²) >= 11 is 6.24. The molecule has 6 nitrogen and oxygen atoms in total. The average molecular weight is 429 g/mol. The molecule has 0 fully saturated rings. The number of aliphatic hydroxyl groups is 1. The van der Waals surface area contributed by atoms with E-state index in [2.05, 4.69) is 5.32 Å². The molecule has 1 atom stereocenters. The third kappa shape index (κ3) is 4.83. The number of halogens is 1. The predicted octanol–water partition coefficient (Wildman–Crippen LogP) is 3.79. The molecule has 0 aliphatic heterocycles. The minimum Gasteiger partial charge on any atom is -0.463 e. The van der Waals surface area contributed by atoms with Gasteiger partial charge in [0, 0.05) is 23.0 Å². The molecule has 0 bridgehead atoms. The summed E-state index contributed by atoms with van der Waals surface area (Å²) in [7, 11) is 1.80. The summed E-state index contributed by atoms with van der Waals surface area (Å²) in [6.45, 7) is 3.35. The molecule has 1 heterocycles. The van der Waals surface area contributed by atoms with Crippen molar-refractivity contribution in [1.29, 1.82) is 0 Å². The van der Waals surface area contributed by atoms with Gasteiger partial charge in [0.15, 0.2) is 0 Å². The van der Waals surface area contributed by atoms with Crippen LogP contribution in [0.1, 0.15) is 41.5 Å². The van der Waals surface area contributed by atoms with Gasteiger partial charge in [0.05, 0.1) is 25.2 Å². The molecule has 1 amide bonds. The van der Waals surface area contributed by atoms with Gasteiger partial charge in [-0.3, -0.25) is 9.59 Å². The van der Waals surface area contributed by atoms with Crippen molar-refractivity contribution in [3.05, 3.63) is 70.4 Å². The van der Waals surface area contributed by atoms with Crippen LogP contribution in [0.2, 0.25) is 5.02 Å². The lowest BCUT2D eigenvalue weighted by atomic mass is 10.0. The monoisotopic (exact) mass is 428 g/mol. The molecule has 2 N–H and O–H groups in total. The Bertz CT molecular complexity index is 1060. The lowest BCUT2D eigenvalue weighted by molar-refractivity contribution is -0.146. The van der Waals surface area contributed by atoms with E-state index < -0.39 is 6.04 Å². The van der Waals surface area contributed by atoms with Gasteiger partial charge in [0.2, 0.25) is 0 Å². The van der Waals surface area contributed by atoms with E-state index in [0.29, 0.717) is 10.7 Å². The molecule has 1 unspecified atom stereocenters. The summed E-state index contributed by atoms with van der Waals surface area (Å²) in [6.07, 6.45) is 0.0143. The van der Waals surface area contributed by atoms with Gasteiger partial charge in [-0.25, -0.2) is 0 Å². The second-order valence-electron chi connectivity index (χ2n) is 7.43. The summed E-state index contributed by atoms with van der Waals surface area (Å²) in [4.78, 5) is 24.7. The molecule has 30 heavy (non-hydrogen) atoms. The van der Waals surface area contributed by atoms with Crippen LogP contribution in [-0.4, -0.2) is 34.3 Å². The zero-order valence-corrected chi connectivity index (χ0v) is 17.9. The Morgan fingerprint density at radius 2 is 1.87 bits per heavy atom. The maximum absolute atomic E-state index is 12.9. The van der Waals surface area contributed by atoms with Crippen LogP contribution >= 0.6 is 11.6 Å². The van der Waals surface area contributed by atoms with E-state index in [1.54, 1.807) is 61.9 Å². The fourth-order valence-electron chi connectivity index (χ4n) is 3.35. The number of amides is 1. The molecular formula is C23H25ClN2O4. The van der Waals surface area contributed by atoms with Gasteiger partial charge in [0.25, 0.3) is 5.91 Å². The highest BCUT2D eigenvalue weighted by Gasteiger charge is 2.19. The molecule has 0 radical (unpaired) electrons. The van der Waals surface area contributed by atoms with Crippen molar-refractivity contribution >= 4 is 34.4 Å². The van der Waals surface area contributed by atoms with Gasteiger partial charge in [-0.15, -0.1) is 0 Å². The van der Waals surface area contributed by atoms with Crippen LogP contribution in [0.3, 0.4) is 0 Å². The number of aryl methyl sites for hydroxylation is 1. The molecule has 0 saturated heterocycles. The SMILES string of the molecule is CC(C)OC(=O)Cc1ccc(C(CO)NC(=O)c2cc3c(Cl)cccc3n2C)cc1. The highest BCUT2D eigenvalue weighted by molar-refractivity contribution is 6.35. The number of hydrogen-bond donors (Lipinski definition) is 2. The van der Waals surface area contributed by atoms with E-state index >= 15 is 0 Å². The second-order valence-corrected chi connectivity index (χ2v) is 7.83. The Morgan fingerprint density at radius 3 is 2.47 bits per heavy atom. The standard InChI is InChI=1S/C23H25ClN2O4/c1-14(2)30-22(28)11-15-7-9-16(10-8-15)19(13-27)25-23(29)21-12-17-18(24)5-4-6-20(17)26(21)3/h4-10,12,14,19,27H,11,13H2,1-3H3,(H,25,29). The molecule has 3 rings (SSSR count). The van der Waals surface area contributed by atoms with Crippen molar-refractivity contribution in [2.75, 3.05) is 6.61 Å². The third-order valence-electron chi connectivity index (χ3n) is 4.85. The first-order valence-electron chi connectivity index (χ1n) is 9.74. The lowest BCUT2D eigenvalue weighted by Gasteiger charge is -2.17. The minimum absolute atomic E-state index is 0.158. The molecule has 158 valence electrons. The Balaban J connectivity index is 1.74. The molecule has 0 spiro atoms. The number of carbonyl (C=O) groups excluding carboxylic acids is 2. The third-order valence-corrected chi connectivity index (χ3v) is 5.18. The maximum Gasteiger partial charge on any atom is 0.310 e. The number of esters is 1. The van der Waals surface area contributed by atoms with Gasteiger partial charge in [-0.1, -0.05) is 41.9 Å². The van der Waals surface area contributed by atoms with Gasteiger partial charge in [-0.05, 0) is 43.2 Å². The van der Waals surface area contributed by atoms with Crippen LogP contribution < -0.4 is 5.32 Å². The number of carbonyl (C=O) groups is 2. The smallest absolute Gasteiger partial charge is 0.310 e. The zero-order valence-electron chi connectivity index (χ0n) is 17.2. The van der Waals surface area contributed by atoms with Gasteiger partial charge in [0.1, 0.15) is 5.69 Å². The molecule has 1 aromatic heterocycles. The van der Waals surface area contributed by atoms with E-state index in [4.69, 9.17) is 16.3 Å². The number of hydrogen-bond acceptors (Lipinski definition) is 4. The summed E-state index contributed by atoms with van der Waals surface area (Å²) < 4.78 is 6.92. The summed E-state index contributed by atoms with van der Waals surface area (Å²) in [5.74, 6) is -0.604. The Labute approximate surface area is 180 Å². The van der Waals surface area contributed by atoms with Crippen LogP contribution in [-0.2, 0) is 23.0 Å². The van der Waals surface area contributed by atoms with E-state index in [-0.39, 0.29) is 31.0 Å². The highest BCUT2D eigenvalue weighted by atomic mass is 35.5. The van der Waals surface area contributed by atoms with Gasteiger partial charge in [-0.2, -0.15) is 0 Å². The summed E-state index contributed by atoms with van der Waals surface area (Å²) in [5.41, 5.74) is 2.84. The molecule has 0 aliphatic rings. The minimum atomic E-state index is -0.581. The van der Waals surface area contributed by atoms with E-state index in [0.717, 1.165) is 22.0 Å². The first kappa shape index (κ1) is 21.9. The van der Waals surface area contributed by atoms with Gasteiger partial charge >= 0.3 is 5.97 Å². The Kier molecular flexibility index (Phi) is 6.80. The van der Waals surface area contributed by atoms with E-state index in [1.165, 1.54) is 0 Å². The van der Waals surface area contributed by atoms with E-state index in [1.807, 2.05) is 12.1 Å². The Hall–Kier alpha value is -2.83. The Morgan fingerprint density at radius 1 is 1.17 bits per heavy atom. The van der Waals surface area contributed by atoms with Crippen LogP contribution in [0, 0.1) is 0 Å². The first-order valence-corrected chi connectivity index (χ1v) is 10.1. The van der Waals surface area contributed by atoms with Crippen molar-refractivity contribution in [2.24, 2.45) is 7.05 Å². The molecule has 2 aromatic carbocycles. The number of nitrogens with zero attached hydrogens (tertiary/aromatic N) is 1. The fraction of sp³-hybridized carbons (Fsp3) is 0.304. The van der Waals surface area contributed by atoms with Crippen molar-refractivity contribution in [2.45, 2.75) is 32.4 Å². The molecule has 0 saturated carbocycles. The fourth-order valence-corrected chi connectivity index (χ4v) is 3.57. The number of fused-ring (bicyclic) bond motifs is 1. The van der Waals surface area contributed by atoms with E-state index in [9.17, 15) is 14.7 Å². The summed E-state index contributed by atoms with van der Waals surface area (Å²) in [6, 6.07) is 13.8. The lowest BCUT2D eigenvalue weighted by Crippen LogP contribution is -2.32. The van der Waals surface area contributed by atoms with Crippen LogP contribution in [0.25, 0.3) is 10.9 Å². The van der Waals surface area contributed by atoms with Crippen molar-refractivity contribution in [1.82, 2.24) is 9.88 Å². The van der Waals surface area contributed by atoms with Crippen LogP contribution in [0.15, 0.2) is 48.5 Å². The topological polar surface area (TPSA) is 80.6 Å². The number of nitrogens with one attached hydrogen (secondary N) is 1. The average Bonchev–Trinajstić information content (AvgIpc) is 3.04. The quantitative estimate of drug-likeness (QED) is 0.561. The van der Waals surface area contributed by atoms with Crippen molar-refractivity contribution in [3.8, 4) is 0 Å². The summed E-state index contributed by atoms with van der Waals surface area (Å²) in [5, 5.41) is 14.1. The normalized spacial score (nSPS) is 12.2. The van der Waals surface area contributed by atoms with Crippen LogP contribution in [0.4, 0.5) is 0 Å². The first-order chi connectivity index (χ1) is 14.3. The second kappa shape index (κ2) is 9.32. The number of aliphatic hydroxyl groups excluding tert-OH is 1. The van der Waals surface area contributed by atoms with Crippen molar-refractivity contribution in [3.63, 3.8) is 0 Å². The zero-order chi connectivity index (χ0) is 21.8. The number of aromatic nitrogens is 1. The maximum atomic E-state index is 12.9. The van der Waals surface area contributed by atoms with Crippen LogP contribution in [0.5, 0.6) is 0 Å². The number of benzene rings is 2. The number of ether oxygens (including phenoxy) is 1. The highest BCUT2D eigenvalue weighted by Crippen LogP contribution is 2.26. The molecule has 0 aliphatic carbocycles. The van der Waals surface area contributed by atoms with Gasteiger partial charge < -0.3 is 19.7 Å². The molecule has 7 heteroatoms. The molecular weight excluding hydrogens is 404 g/mol. The predicted molar refractivity (Wildman–Crippen MR) is 117 cm³/mol. The molecule has 3 aromatic rings. The largest absolute Gasteiger partial charge is 0.463 e.